The Hall–Kier alpha value is -3.19. The summed E-state index contributed by atoms with van der Waals surface area (Å²) in [6, 6.07) is 18.7. The van der Waals surface area contributed by atoms with E-state index in [-0.39, 0.29) is 22.1 Å². The summed E-state index contributed by atoms with van der Waals surface area (Å²) in [5.41, 5.74) is 2.49. The lowest BCUT2D eigenvalue weighted by Gasteiger charge is -2.20. The maximum atomic E-state index is 13.1. The number of sulfonamides is 1. The van der Waals surface area contributed by atoms with E-state index in [0.717, 1.165) is 23.3 Å². The summed E-state index contributed by atoms with van der Waals surface area (Å²) in [5, 5.41) is 0. The number of nitrogens with one attached hydrogen (secondary N) is 1. The first-order valence-electron chi connectivity index (χ1n) is 8.95. The summed E-state index contributed by atoms with van der Waals surface area (Å²) in [5.74, 6) is -0.847. The molecule has 29 heavy (non-hydrogen) atoms. The SMILES string of the molecule is Cc1ccc(CN(C)C(=O)c2ccccc2NS(=O)(=O)c2ccc(F)cc2)cc1. The smallest absolute Gasteiger partial charge is 0.261 e. The standard InChI is InChI=1S/C22H21FN2O3S/c1-16-7-9-17(10-8-16)15-25(2)22(26)20-5-3-4-6-21(20)24-29(27,28)19-13-11-18(23)12-14-19/h3-14,24H,15H2,1-2H3. The summed E-state index contributed by atoms with van der Waals surface area (Å²) >= 11 is 0. The molecule has 0 spiro atoms. The molecule has 150 valence electrons. The third kappa shape index (κ3) is 5.00. The van der Waals surface area contributed by atoms with E-state index in [4.69, 9.17) is 0 Å². The van der Waals surface area contributed by atoms with Crippen LogP contribution >= 0.6 is 0 Å². The molecule has 0 bridgehead atoms. The van der Waals surface area contributed by atoms with Gasteiger partial charge in [-0.15, -0.1) is 0 Å². The van der Waals surface area contributed by atoms with Crippen LogP contribution in [-0.2, 0) is 16.6 Å². The Kier molecular flexibility index (Phi) is 5.98. The highest BCUT2D eigenvalue weighted by molar-refractivity contribution is 7.92. The molecule has 3 aromatic carbocycles. The monoisotopic (exact) mass is 412 g/mol. The second-order valence-electron chi connectivity index (χ2n) is 6.75. The number of halogens is 1. The van der Waals surface area contributed by atoms with E-state index in [1.165, 1.54) is 23.1 Å². The van der Waals surface area contributed by atoms with Gasteiger partial charge in [-0.25, -0.2) is 12.8 Å². The average Bonchev–Trinajstić information content (AvgIpc) is 2.69. The molecule has 1 N–H and O–H groups in total. The van der Waals surface area contributed by atoms with Gasteiger partial charge < -0.3 is 4.90 Å². The number of hydrogen-bond acceptors (Lipinski definition) is 3. The van der Waals surface area contributed by atoms with Crippen molar-refractivity contribution in [1.82, 2.24) is 4.90 Å². The van der Waals surface area contributed by atoms with Crippen LogP contribution in [0.3, 0.4) is 0 Å². The molecule has 0 aromatic heterocycles. The first-order valence-corrected chi connectivity index (χ1v) is 10.4. The lowest BCUT2D eigenvalue weighted by molar-refractivity contribution is 0.0786. The number of carbonyl (C=O) groups is 1. The molecular weight excluding hydrogens is 391 g/mol. The highest BCUT2D eigenvalue weighted by atomic mass is 32.2. The number of para-hydroxylation sites is 1. The Morgan fingerprint density at radius 3 is 2.24 bits per heavy atom. The van der Waals surface area contributed by atoms with Crippen LogP contribution in [-0.4, -0.2) is 26.3 Å². The molecule has 7 heteroatoms. The third-order valence-corrected chi connectivity index (χ3v) is 5.79. The molecule has 0 fully saturated rings. The number of nitrogens with zero attached hydrogens (tertiary/aromatic N) is 1. The van der Waals surface area contributed by atoms with Crippen LogP contribution < -0.4 is 4.72 Å². The lowest BCUT2D eigenvalue weighted by atomic mass is 10.1. The van der Waals surface area contributed by atoms with Crippen LogP contribution in [0.25, 0.3) is 0 Å². The Balaban J connectivity index is 1.83. The maximum Gasteiger partial charge on any atom is 0.261 e. The van der Waals surface area contributed by atoms with Gasteiger partial charge in [-0.2, -0.15) is 0 Å². The number of rotatable bonds is 6. The molecule has 3 rings (SSSR count). The summed E-state index contributed by atoms with van der Waals surface area (Å²) in [4.78, 5) is 14.4. The second kappa shape index (κ2) is 8.45. The van der Waals surface area contributed by atoms with Gasteiger partial charge in [-0.1, -0.05) is 42.0 Å². The van der Waals surface area contributed by atoms with Crippen molar-refractivity contribution < 1.29 is 17.6 Å². The van der Waals surface area contributed by atoms with E-state index in [9.17, 15) is 17.6 Å². The first-order chi connectivity index (χ1) is 13.8. The third-order valence-electron chi connectivity index (χ3n) is 4.41. The molecule has 0 radical (unpaired) electrons. The second-order valence-corrected chi connectivity index (χ2v) is 8.43. The van der Waals surface area contributed by atoms with E-state index in [1.54, 1.807) is 25.2 Å². The van der Waals surface area contributed by atoms with Gasteiger partial charge in [-0.3, -0.25) is 9.52 Å². The Bertz CT molecular complexity index is 1110. The molecule has 0 saturated carbocycles. The summed E-state index contributed by atoms with van der Waals surface area (Å²) in [7, 11) is -2.30. The molecule has 1 amide bonds. The molecule has 0 atom stereocenters. The van der Waals surface area contributed by atoms with Crippen molar-refractivity contribution >= 4 is 21.6 Å². The summed E-state index contributed by atoms with van der Waals surface area (Å²) in [6.07, 6.45) is 0. The highest BCUT2D eigenvalue weighted by Gasteiger charge is 2.20. The minimum Gasteiger partial charge on any atom is -0.337 e. The quantitative estimate of drug-likeness (QED) is 0.660. The van der Waals surface area contributed by atoms with E-state index >= 15 is 0 Å². The van der Waals surface area contributed by atoms with Gasteiger partial charge in [0.25, 0.3) is 15.9 Å². The predicted molar refractivity (Wildman–Crippen MR) is 111 cm³/mol. The molecule has 3 aromatic rings. The molecule has 0 heterocycles. The fourth-order valence-corrected chi connectivity index (χ4v) is 3.90. The number of anilines is 1. The van der Waals surface area contributed by atoms with Crippen molar-refractivity contribution in [3.05, 3.63) is 95.3 Å². The van der Waals surface area contributed by atoms with Gasteiger partial charge in [0.05, 0.1) is 16.1 Å². The highest BCUT2D eigenvalue weighted by Crippen LogP contribution is 2.22. The Morgan fingerprint density at radius 2 is 1.59 bits per heavy atom. The fourth-order valence-electron chi connectivity index (χ4n) is 2.82. The van der Waals surface area contributed by atoms with Gasteiger partial charge in [0.15, 0.2) is 0 Å². The molecule has 5 nitrogen and oxygen atoms in total. The van der Waals surface area contributed by atoms with Crippen molar-refractivity contribution in [3.8, 4) is 0 Å². The van der Waals surface area contributed by atoms with E-state index in [1.807, 2.05) is 31.2 Å². The zero-order chi connectivity index (χ0) is 21.0. The van der Waals surface area contributed by atoms with Crippen LogP contribution in [0.5, 0.6) is 0 Å². The van der Waals surface area contributed by atoms with Gasteiger partial charge in [0, 0.05) is 13.6 Å². The summed E-state index contributed by atoms with van der Waals surface area (Å²) in [6.45, 7) is 2.38. The number of hydrogen-bond donors (Lipinski definition) is 1. The number of amides is 1. The predicted octanol–water partition coefficient (Wildman–Crippen LogP) is 4.21. The normalized spacial score (nSPS) is 11.1. The van der Waals surface area contributed by atoms with Crippen LogP contribution in [0.15, 0.2) is 77.7 Å². The minimum absolute atomic E-state index is 0.0887. The van der Waals surface area contributed by atoms with E-state index in [0.29, 0.717) is 6.54 Å². The van der Waals surface area contributed by atoms with E-state index < -0.39 is 15.8 Å². The minimum atomic E-state index is -3.96. The van der Waals surface area contributed by atoms with Crippen LogP contribution in [0.4, 0.5) is 10.1 Å². The Labute approximate surface area is 169 Å². The molecule has 0 aliphatic heterocycles. The van der Waals surface area contributed by atoms with Crippen molar-refractivity contribution in [1.29, 1.82) is 0 Å². The maximum absolute atomic E-state index is 13.1. The van der Waals surface area contributed by atoms with Crippen molar-refractivity contribution in [2.45, 2.75) is 18.4 Å². The Morgan fingerprint density at radius 1 is 0.966 bits per heavy atom. The van der Waals surface area contributed by atoms with Crippen LogP contribution in [0, 0.1) is 12.7 Å². The van der Waals surface area contributed by atoms with Gasteiger partial charge in [0.2, 0.25) is 0 Å². The van der Waals surface area contributed by atoms with E-state index in [2.05, 4.69) is 4.72 Å². The van der Waals surface area contributed by atoms with Gasteiger partial charge >= 0.3 is 0 Å². The summed E-state index contributed by atoms with van der Waals surface area (Å²) < 4.78 is 40.8. The topological polar surface area (TPSA) is 66.5 Å². The fraction of sp³-hybridized carbons (Fsp3) is 0.136. The molecule has 0 aliphatic carbocycles. The average molecular weight is 412 g/mol. The van der Waals surface area contributed by atoms with Crippen molar-refractivity contribution in [3.63, 3.8) is 0 Å². The van der Waals surface area contributed by atoms with Crippen molar-refractivity contribution in [2.75, 3.05) is 11.8 Å². The molecular formula is C22H21FN2O3S. The largest absolute Gasteiger partial charge is 0.337 e. The lowest BCUT2D eigenvalue weighted by Crippen LogP contribution is -2.27. The number of benzene rings is 3. The number of carbonyl (C=O) groups excluding carboxylic acids is 1. The zero-order valence-corrected chi connectivity index (χ0v) is 16.9. The van der Waals surface area contributed by atoms with Gasteiger partial charge in [0.1, 0.15) is 5.82 Å². The first kappa shape index (κ1) is 20.5. The van der Waals surface area contributed by atoms with Crippen molar-refractivity contribution in [2.24, 2.45) is 0 Å². The van der Waals surface area contributed by atoms with Crippen LogP contribution in [0.1, 0.15) is 21.5 Å². The zero-order valence-electron chi connectivity index (χ0n) is 16.1. The van der Waals surface area contributed by atoms with Gasteiger partial charge in [-0.05, 0) is 48.9 Å². The van der Waals surface area contributed by atoms with Crippen LogP contribution in [0.2, 0.25) is 0 Å². The molecule has 0 saturated heterocycles. The number of aryl methyl sites for hydroxylation is 1. The molecule has 0 unspecified atom stereocenters. The molecule has 0 aliphatic rings.